The lowest BCUT2D eigenvalue weighted by atomic mass is 10.0. The summed E-state index contributed by atoms with van der Waals surface area (Å²) in [5.41, 5.74) is 1.02. The number of benzene rings is 3. The zero-order valence-corrected chi connectivity index (χ0v) is 13.0. The summed E-state index contributed by atoms with van der Waals surface area (Å²) in [6.07, 6.45) is 0.737. The minimum atomic E-state index is -0.434. The van der Waals surface area contributed by atoms with Crippen molar-refractivity contribution >= 4 is 39.0 Å². The highest BCUT2D eigenvalue weighted by Gasteiger charge is 2.14. The molecule has 3 aromatic carbocycles. The first kappa shape index (κ1) is 14.5. The second kappa shape index (κ2) is 6.12. The Hall–Kier alpha value is -2.46. The standard InChI is InChI=1S/C18H11BrO3/c19-16-10-12(11-20)8-9-17(16)22-18(21)15-7-3-5-13-4-1-2-6-14(13)15/h1-11H. The molecule has 108 valence electrons. The van der Waals surface area contributed by atoms with Gasteiger partial charge in [0.1, 0.15) is 12.0 Å². The molecular formula is C18H11BrO3. The Kier molecular flexibility index (Phi) is 4.02. The van der Waals surface area contributed by atoms with Gasteiger partial charge in [-0.1, -0.05) is 36.4 Å². The average Bonchev–Trinajstić information content (AvgIpc) is 2.56. The normalized spacial score (nSPS) is 10.4. The van der Waals surface area contributed by atoms with Crippen molar-refractivity contribution in [3.63, 3.8) is 0 Å². The van der Waals surface area contributed by atoms with Crippen LogP contribution in [-0.2, 0) is 0 Å². The SMILES string of the molecule is O=Cc1ccc(OC(=O)c2cccc3ccccc23)c(Br)c1. The molecule has 0 spiro atoms. The number of fused-ring (bicyclic) bond motifs is 1. The van der Waals surface area contributed by atoms with E-state index in [1.807, 2.05) is 36.4 Å². The lowest BCUT2D eigenvalue weighted by molar-refractivity contribution is 0.0735. The van der Waals surface area contributed by atoms with Crippen molar-refractivity contribution in [1.29, 1.82) is 0 Å². The van der Waals surface area contributed by atoms with Crippen molar-refractivity contribution in [1.82, 2.24) is 0 Å². The minimum absolute atomic E-state index is 0.378. The molecular weight excluding hydrogens is 344 g/mol. The molecule has 22 heavy (non-hydrogen) atoms. The number of rotatable bonds is 3. The van der Waals surface area contributed by atoms with Crippen LogP contribution in [0.1, 0.15) is 20.7 Å². The summed E-state index contributed by atoms with van der Waals surface area (Å²) in [5, 5.41) is 1.82. The summed E-state index contributed by atoms with van der Waals surface area (Å²) in [6.45, 7) is 0. The van der Waals surface area contributed by atoms with Gasteiger partial charge in [0.2, 0.25) is 0 Å². The van der Waals surface area contributed by atoms with E-state index in [4.69, 9.17) is 4.74 Å². The lowest BCUT2D eigenvalue weighted by Crippen LogP contribution is -2.09. The Morgan fingerprint density at radius 2 is 1.77 bits per heavy atom. The summed E-state index contributed by atoms with van der Waals surface area (Å²) in [5.74, 6) is -0.0557. The van der Waals surface area contributed by atoms with Crippen LogP contribution in [0.2, 0.25) is 0 Å². The van der Waals surface area contributed by atoms with E-state index in [9.17, 15) is 9.59 Å². The van der Waals surface area contributed by atoms with E-state index in [1.54, 1.807) is 24.3 Å². The second-order valence-electron chi connectivity index (χ2n) is 4.72. The van der Waals surface area contributed by atoms with E-state index in [2.05, 4.69) is 15.9 Å². The van der Waals surface area contributed by atoms with Crippen LogP contribution in [0, 0.1) is 0 Å². The monoisotopic (exact) mass is 354 g/mol. The van der Waals surface area contributed by atoms with Gasteiger partial charge >= 0.3 is 5.97 Å². The first-order valence-corrected chi connectivity index (χ1v) is 7.43. The number of hydrogen-bond acceptors (Lipinski definition) is 3. The number of halogens is 1. The number of ether oxygens (including phenoxy) is 1. The fourth-order valence-corrected chi connectivity index (χ4v) is 2.71. The molecule has 3 nitrogen and oxygen atoms in total. The van der Waals surface area contributed by atoms with Crippen molar-refractivity contribution in [3.05, 3.63) is 76.3 Å². The van der Waals surface area contributed by atoms with Gasteiger partial charge in [-0.05, 0) is 51.0 Å². The van der Waals surface area contributed by atoms with Crippen LogP contribution < -0.4 is 4.74 Å². The molecule has 0 bridgehead atoms. The second-order valence-corrected chi connectivity index (χ2v) is 5.58. The third-order valence-corrected chi connectivity index (χ3v) is 3.92. The van der Waals surface area contributed by atoms with Gasteiger partial charge in [-0.2, -0.15) is 0 Å². The van der Waals surface area contributed by atoms with Gasteiger partial charge in [0.05, 0.1) is 10.0 Å². The molecule has 0 aliphatic heterocycles. The van der Waals surface area contributed by atoms with Crippen LogP contribution in [0.5, 0.6) is 5.75 Å². The largest absolute Gasteiger partial charge is 0.422 e. The number of aldehydes is 1. The number of carbonyl (C=O) groups is 2. The molecule has 0 fully saturated rings. The van der Waals surface area contributed by atoms with Crippen molar-refractivity contribution in [2.45, 2.75) is 0 Å². The number of esters is 1. The van der Waals surface area contributed by atoms with Crippen LogP contribution in [0.3, 0.4) is 0 Å². The van der Waals surface area contributed by atoms with Gasteiger partial charge in [-0.25, -0.2) is 4.79 Å². The van der Waals surface area contributed by atoms with Gasteiger partial charge in [0.25, 0.3) is 0 Å². The van der Waals surface area contributed by atoms with Gasteiger partial charge in [0, 0.05) is 5.56 Å². The van der Waals surface area contributed by atoms with Crippen molar-refractivity contribution in [2.24, 2.45) is 0 Å². The van der Waals surface area contributed by atoms with E-state index in [1.165, 1.54) is 0 Å². The maximum absolute atomic E-state index is 12.4. The minimum Gasteiger partial charge on any atom is -0.422 e. The molecule has 3 rings (SSSR count). The van der Waals surface area contributed by atoms with Crippen LogP contribution >= 0.6 is 15.9 Å². The fraction of sp³-hybridized carbons (Fsp3) is 0. The van der Waals surface area contributed by atoms with Crippen LogP contribution in [-0.4, -0.2) is 12.3 Å². The first-order valence-electron chi connectivity index (χ1n) is 6.64. The van der Waals surface area contributed by atoms with E-state index < -0.39 is 5.97 Å². The number of carbonyl (C=O) groups excluding carboxylic acids is 2. The Balaban J connectivity index is 1.95. The highest BCUT2D eigenvalue weighted by atomic mass is 79.9. The van der Waals surface area contributed by atoms with E-state index >= 15 is 0 Å². The van der Waals surface area contributed by atoms with Crippen molar-refractivity contribution in [3.8, 4) is 5.75 Å². The average molecular weight is 355 g/mol. The number of hydrogen-bond donors (Lipinski definition) is 0. The zero-order valence-electron chi connectivity index (χ0n) is 11.5. The molecule has 0 aliphatic carbocycles. The predicted octanol–water partition coefficient (Wildman–Crippen LogP) is 4.63. The molecule has 0 radical (unpaired) electrons. The molecule has 0 saturated heterocycles. The van der Waals surface area contributed by atoms with Crippen LogP contribution in [0.15, 0.2) is 65.1 Å². The highest BCUT2D eigenvalue weighted by Crippen LogP contribution is 2.27. The molecule has 4 heteroatoms. The van der Waals surface area contributed by atoms with Crippen molar-refractivity contribution in [2.75, 3.05) is 0 Å². The maximum atomic E-state index is 12.4. The highest BCUT2D eigenvalue weighted by molar-refractivity contribution is 9.10. The molecule has 0 heterocycles. The quantitative estimate of drug-likeness (QED) is 0.391. The van der Waals surface area contributed by atoms with Gasteiger partial charge in [-0.15, -0.1) is 0 Å². The summed E-state index contributed by atoms with van der Waals surface area (Å²) >= 11 is 3.30. The third-order valence-electron chi connectivity index (χ3n) is 3.30. The molecule has 0 aromatic heterocycles. The van der Waals surface area contributed by atoms with E-state index in [0.717, 1.165) is 17.1 Å². The molecule has 0 amide bonds. The smallest absolute Gasteiger partial charge is 0.344 e. The predicted molar refractivity (Wildman–Crippen MR) is 88.4 cm³/mol. The molecule has 0 unspecified atom stereocenters. The van der Waals surface area contributed by atoms with Crippen molar-refractivity contribution < 1.29 is 14.3 Å². The van der Waals surface area contributed by atoms with Gasteiger partial charge in [-0.3, -0.25) is 4.79 Å². The zero-order chi connectivity index (χ0) is 15.5. The van der Waals surface area contributed by atoms with Gasteiger partial charge in [0.15, 0.2) is 0 Å². The summed E-state index contributed by atoms with van der Waals surface area (Å²) < 4.78 is 6.00. The van der Waals surface area contributed by atoms with Crippen LogP contribution in [0.25, 0.3) is 10.8 Å². The Morgan fingerprint density at radius 3 is 2.55 bits per heavy atom. The van der Waals surface area contributed by atoms with E-state index in [0.29, 0.717) is 21.3 Å². The third kappa shape index (κ3) is 2.78. The lowest BCUT2D eigenvalue weighted by Gasteiger charge is -2.09. The van der Waals surface area contributed by atoms with Crippen LogP contribution in [0.4, 0.5) is 0 Å². The molecule has 0 N–H and O–H groups in total. The summed E-state index contributed by atoms with van der Waals surface area (Å²) in [6, 6.07) is 17.9. The summed E-state index contributed by atoms with van der Waals surface area (Å²) in [7, 11) is 0. The topological polar surface area (TPSA) is 43.4 Å². The van der Waals surface area contributed by atoms with E-state index in [-0.39, 0.29) is 0 Å². The fourth-order valence-electron chi connectivity index (χ4n) is 2.23. The Labute approximate surface area is 135 Å². The maximum Gasteiger partial charge on any atom is 0.344 e. The summed E-state index contributed by atoms with van der Waals surface area (Å²) in [4.78, 5) is 23.2. The first-order chi connectivity index (χ1) is 10.7. The molecule has 0 saturated carbocycles. The van der Waals surface area contributed by atoms with Gasteiger partial charge < -0.3 is 4.74 Å². The molecule has 3 aromatic rings. The molecule has 0 aliphatic rings. The Bertz CT molecular complexity index is 866. The molecule has 0 atom stereocenters. The Morgan fingerprint density at radius 1 is 1.00 bits per heavy atom.